The van der Waals surface area contributed by atoms with Crippen LogP contribution in [0, 0.1) is 5.82 Å². The normalized spacial score (nSPS) is 12.1. The molecule has 1 aromatic carbocycles. The Labute approximate surface area is 105 Å². The van der Waals surface area contributed by atoms with Gasteiger partial charge in [-0.25, -0.2) is 4.39 Å². The third kappa shape index (κ3) is 3.53. The highest BCUT2D eigenvalue weighted by Crippen LogP contribution is 2.15. The summed E-state index contributed by atoms with van der Waals surface area (Å²) in [6.07, 6.45) is 3.35. The second-order valence-electron chi connectivity index (χ2n) is 3.99. The molecule has 2 aromatic rings. The lowest BCUT2D eigenvalue weighted by atomic mass is 10.1. The summed E-state index contributed by atoms with van der Waals surface area (Å²) in [4.78, 5) is 3.78. The summed E-state index contributed by atoms with van der Waals surface area (Å²) < 4.78 is 18.5. The number of nitrogens with two attached hydrogens (primary N) is 1. The number of benzene rings is 1. The topological polar surface area (TPSA) is 48.1 Å². The average Bonchev–Trinajstić information content (AvgIpc) is 2.40. The van der Waals surface area contributed by atoms with E-state index in [1.54, 1.807) is 6.20 Å². The van der Waals surface area contributed by atoms with E-state index in [2.05, 4.69) is 4.98 Å². The molecule has 1 heterocycles. The van der Waals surface area contributed by atoms with Crippen molar-refractivity contribution < 1.29 is 9.13 Å². The van der Waals surface area contributed by atoms with E-state index >= 15 is 0 Å². The Morgan fingerprint density at radius 2 is 2.00 bits per heavy atom. The smallest absolute Gasteiger partial charge is 0.141 e. The van der Waals surface area contributed by atoms with Gasteiger partial charge in [0.2, 0.25) is 0 Å². The van der Waals surface area contributed by atoms with Crippen LogP contribution in [0.4, 0.5) is 4.39 Å². The first kappa shape index (κ1) is 12.5. The molecule has 0 radical (unpaired) electrons. The summed E-state index contributed by atoms with van der Waals surface area (Å²) in [7, 11) is 0. The molecule has 1 atom stereocenters. The lowest BCUT2D eigenvalue weighted by Gasteiger charge is -2.12. The Hall–Kier alpha value is -1.94. The lowest BCUT2D eigenvalue weighted by molar-refractivity contribution is 0.298. The van der Waals surface area contributed by atoms with Gasteiger partial charge in [0.15, 0.2) is 0 Å². The van der Waals surface area contributed by atoms with Gasteiger partial charge in [-0.05, 0) is 23.8 Å². The van der Waals surface area contributed by atoms with Crippen LogP contribution in [-0.2, 0) is 0 Å². The molecule has 3 nitrogen and oxygen atoms in total. The number of aromatic nitrogens is 1. The van der Waals surface area contributed by atoms with E-state index in [1.807, 2.05) is 30.3 Å². The summed E-state index contributed by atoms with van der Waals surface area (Å²) in [6, 6.07) is 10.6. The maximum Gasteiger partial charge on any atom is 0.141 e. The van der Waals surface area contributed by atoms with Crippen molar-refractivity contribution in [1.82, 2.24) is 4.98 Å². The number of ether oxygens (including phenoxy) is 1. The fourth-order valence-corrected chi connectivity index (χ4v) is 1.62. The summed E-state index contributed by atoms with van der Waals surface area (Å²) in [5, 5.41) is 0. The quantitative estimate of drug-likeness (QED) is 0.882. The molecule has 0 saturated heterocycles. The number of para-hydroxylation sites is 1. The van der Waals surface area contributed by atoms with Gasteiger partial charge in [-0.2, -0.15) is 0 Å². The van der Waals surface area contributed by atoms with Gasteiger partial charge in [0.25, 0.3) is 0 Å². The van der Waals surface area contributed by atoms with Crippen LogP contribution in [0.3, 0.4) is 0 Å². The van der Waals surface area contributed by atoms with Gasteiger partial charge in [0, 0.05) is 18.7 Å². The molecule has 0 spiro atoms. The zero-order valence-corrected chi connectivity index (χ0v) is 9.92. The average molecular weight is 246 g/mol. The van der Waals surface area contributed by atoms with Gasteiger partial charge < -0.3 is 10.5 Å². The molecule has 4 heteroatoms. The zero-order valence-electron chi connectivity index (χ0n) is 9.92. The largest absolute Gasteiger partial charge is 0.494 e. The number of rotatable bonds is 5. The highest BCUT2D eigenvalue weighted by molar-refractivity contribution is 5.21. The van der Waals surface area contributed by atoms with Gasteiger partial charge in [-0.1, -0.05) is 18.2 Å². The number of nitrogens with zero attached hydrogens (tertiary/aromatic N) is 1. The lowest BCUT2D eigenvalue weighted by Crippen LogP contribution is -2.14. The number of halogens is 1. The molecule has 1 unspecified atom stereocenters. The predicted octanol–water partition coefficient (Wildman–Crippen LogP) is 2.69. The Morgan fingerprint density at radius 1 is 1.22 bits per heavy atom. The van der Waals surface area contributed by atoms with Crippen LogP contribution in [0.1, 0.15) is 18.0 Å². The van der Waals surface area contributed by atoms with E-state index in [1.165, 1.54) is 6.07 Å². The molecule has 0 aliphatic heterocycles. The molecule has 0 fully saturated rings. The van der Waals surface area contributed by atoms with E-state index in [-0.39, 0.29) is 11.9 Å². The summed E-state index contributed by atoms with van der Waals surface area (Å²) in [5.41, 5.74) is 6.63. The van der Waals surface area contributed by atoms with Gasteiger partial charge in [0.05, 0.1) is 12.8 Å². The van der Waals surface area contributed by atoms with E-state index in [4.69, 9.17) is 10.5 Å². The monoisotopic (exact) mass is 246 g/mol. The van der Waals surface area contributed by atoms with Gasteiger partial charge in [0.1, 0.15) is 11.6 Å². The van der Waals surface area contributed by atoms with E-state index in [0.29, 0.717) is 18.6 Å². The second-order valence-corrected chi connectivity index (χ2v) is 3.99. The Morgan fingerprint density at radius 3 is 2.72 bits per heavy atom. The van der Waals surface area contributed by atoms with Crippen molar-refractivity contribution in [2.24, 2.45) is 5.73 Å². The molecular formula is C14H15FN2O. The minimum atomic E-state index is -0.369. The van der Waals surface area contributed by atoms with Gasteiger partial charge in [-0.15, -0.1) is 0 Å². The zero-order chi connectivity index (χ0) is 12.8. The van der Waals surface area contributed by atoms with E-state index in [9.17, 15) is 4.39 Å². The molecule has 0 aliphatic rings. The number of hydrogen-bond acceptors (Lipinski definition) is 3. The van der Waals surface area contributed by atoms with Crippen LogP contribution in [0.25, 0.3) is 0 Å². The fourth-order valence-electron chi connectivity index (χ4n) is 1.62. The minimum absolute atomic E-state index is 0.267. The van der Waals surface area contributed by atoms with Crippen molar-refractivity contribution in [1.29, 1.82) is 0 Å². The summed E-state index contributed by atoms with van der Waals surface area (Å²) in [6.45, 7) is 0.488. The third-order valence-corrected chi connectivity index (χ3v) is 2.59. The number of pyridine rings is 1. The van der Waals surface area contributed by atoms with Crippen molar-refractivity contribution in [2.45, 2.75) is 12.5 Å². The maximum atomic E-state index is 13.0. The Bertz CT molecular complexity index is 490. The highest BCUT2D eigenvalue weighted by atomic mass is 19.1. The highest BCUT2D eigenvalue weighted by Gasteiger charge is 2.07. The van der Waals surface area contributed by atoms with Crippen LogP contribution < -0.4 is 10.5 Å². The molecule has 0 saturated carbocycles. The van der Waals surface area contributed by atoms with Crippen LogP contribution >= 0.6 is 0 Å². The van der Waals surface area contributed by atoms with E-state index < -0.39 is 0 Å². The first-order chi connectivity index (χ1) is 8.75. The van der Waals surface area contributed by atoms with Crippen LogP contribution in [0.5, 0.6) is 5.75 Å². The Balaban J connectivity index is 1.83. The van der Waals surface area contributed by atoms with Crippen molar-refractivity contribution in [3.63, 3.8) is 0 Å². The molecule has 2 N–H and O–H groups in total. The van der Waals surface area contributed by atoms with Crippen molar-refractivity contribution in [3.05, 3.63) is 60.2 Å². The molecule has 1 aromatic heterocycles. The summed E-state index contributed by atoms with van der Waals surface area (Å²) >= 11 is 0. The van der Waals surface area contributed by atoms with Crippen molar-refractivity contribution in [2.75, 3.05) is 6.61 Å². The maximum absolute atomic E-state index is 13.0. The molecule has 0 amide bonds. The standard InChI is InChI=1S/C14H15FN2O/c15-12-8-11(9-17-10-12)14(16)6-7-18-13-4-2-1-3-5-13/h1-5,8-10,14H,6-7,16H2. The molecule has 94 valence electrons. The fraction of sp³-hybridized carbons (Fsp3) is 0.214. The minimum Gasteiger partial charge on any atom is -0.494 e. The first-order valence-corrected chi connectivity index (χ1v) is 5.79. The molecule has 0 bridgehead atoms. The van der Waals surface area contributed by atoms with Crippen LogP contribution in [-0.4, -0.2) is 11.6 Å². The van der Waals surface area contributed by atoms with Crippen LogP contribution in [0.15, 0.2) is 48.8 Å². The first-order valence-electron chi connectivity index (χ1n) is 5.79. The molecular weight excluding hydrogens is 231 g/mol. The second kappa shape index (κ2) is 6.12. The Kier molecular flexibility index (Phi) is 4.25. The third-order valence-electron chi connectivity index (χ3n) is 2.59. The predicted molar refractivity (Wildman–Crippen MR) is 67.7 cm³/mol. The molecule has 0 aliphatic carbocycles. The van der Waals surface area contributed by atoms with Gasteiger partial charge in [-0.3, -0.25) is 4.98 Å². The number of hydrogen-bond donors (Lipinski definition) is 1. The van der Waals surface area contributed by atoms with Crippen molar-refractivity contribution >= 4 is 0 Å². The molecule has 2 rings (SSSR count). The SMILES string of the molecule is NC(CCOc1ccccc1)c1cncc(F)c1. The van der Waals surface area contributed by atoms with Crippen LogP contribution in [0.2, 0.25) is 0 Å². The summed E-state index contributed by atoms with van der Waals surface area (Å²) in [5.74, 6) is 0.439. The molecule has 18 heavy (non-hydrogen) atoms. The van der Waals surface area contributed by atoms with E-state index in [0.717, 1.165) is 11.9 Å². The van der Waals surface area contributed by atoms with Gasteiger partial charge >= 0.3 is 0 Å². The van der Waals surface area contributed by atoms with Crippen molar-refractivity contribution in [3.8, 4) is 5.75 Å².